The number of rotatable bonds is 3. The Kier molecular flexibility index (Phi) is 3.19. The average molecular weight is 181 g/mol. The largest absolute Gasteiger partial charge is 0.480 e. The molecule has 1 aromatic rings. The molecule has 1 heterocycles. The fourth-order valence-electron chi connectivity index (χ4n) is 0.717. The van der Waals surface area contributed by atoms with Crippen LogP contribution in [0.1, 0.15) is 13.3 Å². The number of methoxy groups -OCH3 is 1. The second kappa shape index (κ2) is 4.39. The molecule has 0 radical (unpaired) electrons. The Bertz CT molecular complexity index is 284. The molecule has 0 aromatic carbocycles. The predicted molar refractivity (Wildman–Crippen MR) is 47.5 cm³/mol. The zero-order chi connectivity index (χ0) is 9.68. The molecular formula is C8H11N3O2. The van der Waals surface area contributed by atoms with Crippen LogP contribution in [0.4, 0.5) is 5.82 Å². The molecule has 1 aromatic heterocycles. The second-order valence-corrected chi connectivity index (χ2v) is 2.35. The smallest absolute Gasteiger partial charge is 0.232 e. The summed E-state index contributed by atoms with van der Waals surface area (Å²) in [5, 5.41) is 2.57. The molecule has 0 aliphatic carbocycles. The number of carbonyl (C=O) groups is 1. The predicted octanol–water partition coefficient (Wildman–Crippen LogP) is 0.834. The number of ether oxygens (including phenoxy) is 1. The minimum atomic E-state index is -0.0838. The molecule has 0 aliphatic heterocycles. The topological polar surface area (TPSA) is 64.1 Å². The number of amides is 1. The molecule has 0 aliphatic rings. The van der Waals surface area contributed by atoms with Crippen molar-refractivity contribution in [2.45, 2.75) is 13.3 Å². The molecule has 0 atom stereocenters. The minimum Gasteiger partial charge on any atom is -0.480 e. The molecule has 0 fully saturated rings. The van der Waals surface area contributed by atoms with Crippen molar-refractivity contribution in [1.29, 1.82) is 0 Å². The van der Waals surface area contributed by atoms with E-state index in [1.165, 1.54) is 19.5 Å². The highest BCUT2D eigenvalue weighted by molar-refractivity contribution is 5.89. The molecule has 1 N–H and O–H groups in total. The quantitative estimate of drug-likeness (QED) is 0.750. The van der Waals surface area contributed by atoms with Crippen molar-refractivity contribution in [3.05, 3.63) is 12.4 Å². The summed E-state index contributed by atoms with van der Waals surface area (Å²) >= 11 is 0. The van der Waals surface area contributed by atoms with Gasteiger partial charge in [0, 0.05) is 6.42 Å². The summed E-state index contributed by atoms with van der Waals surface area (Å²) in [6.07, 6.45) is 3.32. The first-order valence-electron chi connectivity index (χ1n) is 3.92. The van der Waals surface area contributed by atoms with Crippen molar-refractivity contribution in [2.75, 3.05) is 12.4 Å². The van der Waals surface area contributed by atoms with Gasteiger partial charge in [0.05, 0.1) is 19.5 Å². The van der Waals surface area contributed by atoms with E-state index in [1.54, 1.807) is 6.92 Å². The normalized spacial score (nSPS) is 9.38. The number of nitrogens with one attached hydrogen (secondary N) is 1. The molecule has 0 unspecified atom stereocenters. The Morgan fingerprint density at radius 3 is 2.77 bits per heavy atom. The summed E-state index contributed by atoms with van der Waals surface area (Å²) in [5.74, 6) is 0.779. The van der Waals surface area contributed by atoms with Crippen LogP contribution in [0.2, 0.25) is 0 Å². The lowest BCUT2D eigenvalue weighted by Crippen LogP contribution is -2.10. The number of aromatic nitrogens is 2. The van der Waals surface area contributed by atoms with Crippen LogP contribution in [0.5, 0.6) is 5.88 Å². The van der Waals surface area contributed by atoms with E-state index in [4.69, 9.17) is 4.74 Å². The summed E-state index contributed by atoms with van der Waals surface area (Å²) in [6.45, 7) is 1.77. The molecular weight excluding hydrogens is 170 g/mol. The average Bonchev–Trinajstić information content (AvgIpc) is 2.19. The first kappa shape index (κ1) is 9.44. The summed E-state index contributed by atoms with van der Waals surface area (Å²) < 4.78 is 4.81. The van der Waals surface area contributed by atoms with E-state index in [0.717, 1.165) is 0 Å². The third kappa shape index (κ3) is 2.70. The Morgan fingerprint density at radius 1 is 1.54 bits per heavy atom. The van der Waals surface area contributed by atoms with Gasteiger partial charge in [-0.2, -0.15) is 0 Å². The molecule has 0 bridgehead atoms. The van der Waals surface area contributed by atoms with Crippen LogP contribution in [0, 0.1) is 0 Å². The highest BCUT2D eigenvalue weighted by Crippen LogP contribution is 2.06. The standard InChI is InChI=1S/C8H11N3O2/c1-3-7(12)11-6-4-10-8(13-2)5-9-6/h4-5H,3H2,1-2H3,(H,9,11,12). The van der Waals surface area contributed by atoms with E-state index in [9.17, 15) is 4.79 Å². The van der Waals surface area contributed by atoms with E-state index in [0.29, 0.717) is 18.1 Å². The summed E-state index contributed by atoms with van der Waals surface area (Å²) in [4.78, 5) is 18.7. The van der Waals surface area contributed by atoms with Crippen LogP contribution < -0.4 is 10.1 Å². The van der Waals surface area contributed by atoms with Crippen molar-refractivity contribution in [3.8, 4) is 5.88 Å². The Labute approximate surface area is 76.2 Å². The first-order chi connectivity index (χ1) is 6.26. The van der Waals surface area contributed by atoms with Crippen LogP contribution in [0.3, 0.4) is 0 Å². The third-order valence-electron chi connectivity index (χ3n) is 1.43. The van der Waals surface area contributed by atoms with Gasteiger partial charge < -0.3 is 10.1 Å². The summed E-state index contributed by atoms with van der Waals surface area (Å²) in [7, 11) is 1.51. The SMILES string of the molecule is CCC(=O)Nc1cnc(OC)cn1. The van der Waals surface area contributed by atoms with Crippen molar-refractivity contribution in [1.82, 2.24) is 9.97 Å². The van der Waals surface area contributed by atoms with Crippen LogP contribution in [0.25, 0.3) is 0 Å². The monoisotopic (exact) mass is 181 g/mol. The van der Waals surface area contributed by atoms with Crippen LogP contribution in [-0.2, 0) is 4.79 Å². The molecule has 5 heteroatoms. The van der Waals surface area contributed by atoms with E-state index in [-0.39, 0.29) is 5.91 Å². The van der Waals surface area contributed by atoms with Gasteiger partial charge in [-0.25, -0.2) is 9.97 Å². The molecule has 13 heavy (non-hydrogen) atoms. The summed E-state index contributed by atoms with van der Waals surface area (Å²) in [5.41, 5.74) is 0. The van der Waals surface area contributed by atoms with E-state index < -0.39 is 0 Å². The fourth-order valence-corrected chi connectivity index (χ4v) is 0.717. The van der Waals surface area contributed by atoms with Crippen LogP contribution in [0.15, 0.2) is 12.4 Å². The van der Waals surface area contributed by atoms with Crippen molar-refractivity contribution < 1.29 is 9.53 Å². The molecule has 5 nitrogen and oxygen atoms in total. The maximum Gasteiger partial charge on any atom is 0.232 e. The second-order valence-electron chi connectivity index (χ2n) is 2.35. The number of nitrogens with zero attached hydrogens (tertiary/aromatic N) is 2. The highest BCUT2D eigenvalue weighted by Gasteiger charge is 2.00. The third-order valence-corrected chi connectivity index (χ3v) is 1.43. The zero-order valence-corrected chi connectivity index (χ0v) is 7.57. The molecule has 70 valence electrons. The van der Waals surface area contributed by atoms with Gasteiger partial charge in [0.1, 0.15) is 0 Å². The fraction of sp³-hybridized carbons (Fsp3) is 0.375. The van der Waals surface area contributed by atoms with Gasteiger partial charge in [0.25, 0.3) is 0 Å². The van der Waals surface area contributed by atoms with Crippen molar-refractivity contribution >= 4 is 11.7 Å². The van der Waals surface area contributed by atoms with E-state index >= 15 is 0 Å². The molecule has 0 spiro atoms. The van der Waals surface area contributed by atoms with Gasteiger partial charge in [-0.15, -0.1) is 0 Å². The van der Waals surface area contributed by atoms with E-state index in [2.05, 4.69) is 15.3 Å². The lowest BCUT2D eigenvalue weighted by Gasteiger charge is -2.02. The molecule has 0 saturated carbocycles. The minimum absolute atomic E-state index is 0.0838. The maximum absolute atomic E-state index is 10.9. The van der Waals surface area contributed by atoms with Crippen molar-refractivity contribution in [2.24, 2.45) is 0 Å². The number of carbonyl (C=O) groups excluding carboxylic acids is 1. The number of hydrogen-bond acceptors (Lipinski definition) is 4. The Balaban J connectivity index is 2.64. The first-order valence-corrected chi connectivity index (χ1v) is 3.92. The maximum atomic E-state index is 10.9. The van der Waals surface area contributed by atoms with Crippen LogP contribution >= 0.6 is 0 Å². The molecule has 1 rings (SSSR count). The Morgan fingerprint density at radius 2 is 2.31 bits per heavy atom. The zero-order valence-electron chi connectivity index (χ0n) is 7.57. The van der Waals surface area contributed by atoms with Gasteiger partial charge in [-0.3, -0.25) is 4.79 Å². The lowest BCUT2D eigenvalue weighted by atomic mass is 10.4. The van der Waals surface area contributed by atoms with Crippen LogP contribution in [-0.4, -0.2) is 23.0 Å². The lowest BCUT2D eigenvalue weighted by molar-refractivity contribution is -0.115. The van der Waals surface area contributed by atoms with Gasteiger partial charge in [-0.05, 0) is 0 Å². The molecule has 0 saturated heterocycles. The van der Waals surface area contributed by atoms with Gasteiger partial charge in [-0.1, -0.05) is 6.92 Å². The number of anilines is 1. The van der Waals surface area contributed by atoms with Gasteiger partial charge in [0.2, 0.25) is 11.8 Å². The van der Waals surface area contributed by atoms with Gasteiger partial charge in [0.15, 0.2) is 5.82 Å². The highest BCUT2D eigenvalue weighted by atomic mass is 16.5. The van der Waals surface area contributed by atoms with E-state index in [1.807, 2.05) is 0 Å². The number of hydrogen-bond donors (Lipinski definition) is 1. The van der Waals surface area contributed by atoms with Crippen molar-refractivity contribution in [3.63, 3.8) is 0 Å². The summed E-state index contributed by atoms with van der Waals surface area (Å²) in [6, 6.07) is 0. The Hall–Kier alpha value is -1.65. The van der Waals surface area contributed by atoms with Gasteiger partial charge >= 0.3 is 0 Å². The molecule has 1 amide bonds.